The molecule has 10 nitrogen and oxygen atoms in total. The first-order chi connectivity index (χ1) is 17.5. The summed E-state index contributed by atoms with van der Waals surface area (Å²) in [5.41, 5.74) is 1.27. The van der Waals surface area contributed by atoms with Gasteiger partial charge < -0.3 is 15.2 Å². The fraction of sp³-hybridized carbons (Fsp3) is 0.333. The summed E-state index contributed by atoms with van der Waals surface area (Å²) in [6.07, 6.45) is 0.597. The SMILES string of the molecule is Cc1ccc([N+](=O)[O-])cc1NC(=O)CSc1nnc([C@@H](CC(C)C)NC(=O)c2ccc(Cl)cc2Cl)n1C. The first-order valence-corrected chi connectivity index (χ1v) is 13.0. The molecular formula is C24H26Cl2N6O4S. The van der Waals surface area contributed by atoms with Gasteiger partial charge in [0.1, 0.15) is 0 Å². The van der Waals surface area contributed by atoms with E-state index in [1.807, 2.05) is 13.8 Å². The molecule has 2 aromatic carbocycles. The fourth-order valence-electron chi connectivity index (χ4n) is 3.54. The van der Waals surface area contributed by atoms with Crippen molar-refractivity contribution in [1.82, 2.24) is 20.1 Å². The van der Waals surface area contributed by atoms with E-state index < -0.39 is 11.0 Å². The van der Waals surface area contributed by atoms with Crippen LogP contribution < -0.4 is 10.6 Å². The zero-order chi connectivity index (χ0) is 27.3. The van der Waals surface area contributed by atoms with E-state index in [2.05, 4.69) is 20.8 Å². The van der Waals surface area contributed by atoms with Gasteiger partial charge in [-0.15, -0.1) is 10.2 Å². The second-order valence-electron chi connectivity index (χ2n) is 8.77. The van der Waals surface area contributed by atoms with E-state index in [4.69, 9.17) is 23.2 Å². The number of benzene rings is 2. The third-order valence-corrected chi connectivity index (χ3v) is 6.97. The Bertz CT molecular complexity index is 1330. The normalized spacial score (nSPS) is 11.9. The highest BCUT2D eigenvalue weighted by atomic mass is 35.5. The molecule has 0 saturated carbocycles. The summed E-state index contributed by atoms with van der Waals surface area (Å²) in [4.78, 5) is 36.0. The van der Waals surface area contributed by atoms with E-state index in [0.717, 1.165) is 11.8 Å². The van der Waals surface area contributed by atoms with E-state index in [0.29, 0.717) is 39.2 Å². The van der Waals surface area contributed by atoms with Crippen LogP contribution in [0.15, 0.2) is 41.6 Å². The second-order valence-corrected chi connectivity index (χ2v) is 10.6. The number of thioether (sulfide) groups is 1. The van der Waals surface area contributed by atoms with Crippen molar-refractivity contribution in [1.29, 1.82) is 0 Å². The maximum Gasteiger partial charge on any atom is 0.271 e. The fourth-order valence-corrected chi connectivity index (χ4v) is 4.75. The van der Waals surface area contributed by atoms with Crippen molar-refractivity contribution < 1.29 is 14.5 Å². The molecule has 2 N–H and O–H groups in total. The maximum absolute atomic E-state index is 12.9. The highest BCUT2D eigenvalue weighted by Crippen LogP contribution is 2.27. The van der Waals surface area contributed by atoms with Gasteiger partial charge in [-0.3, -0.25) is 19.7 Å². The van der Waals surface area contributed by atoms with Gasteiger partial charge in [0.25, 0.3) is 11.6 Å². The lowest BCUT2D eigenvalue weighted by Crippen LogP contribution is -2.31. The number of halogens is 2. The van der Waals surface area contributed by atoms with Crippen LogP contribution in [0.1, 0.15) is 48.1 Å². The molecule has 0 bridgehead atoms. The van der Waals surface area contributed by atoms with Gasteiger partial charge in [-0.25, -0.2) is 0 Å². The Morgan fingerprint density at radius 2 is 1.89 bits per heavy atom. The topological polar surface area (TPSA) is 132 Å². The van der Waals surface area contributed by atoms with E-state index in [1.54, 1.807) is 36.7 Å². The summed E-state index contributed by atoms with van der Waals surface area (Å²) >= 11 is 13.3. The lowest BCUT2D eigenvalue weighted by Gasteiger charge is -2.20. The van der Waals surface area contributed by atoms with Crippen LogP contribution in [0.5, 0.6) is 0 Å². The lowest BCUT2D eigenvalue weighted by molar-refractivity contribution is -0.384. The van der Waals surface area contributed by atoms with Gasteiger partial charge in [-0.05, 0) is 43.0 Å². The first kappa shape index (κ1) is 28.4. The van der Waals surface area contributed by atoms with Gasteiger partial charge >= 0.3 is 0 Å². The smallest absolute Gasteiger partial charge is 0.271 e. The Kier molecular flexibility index (Phi) is 9.52. The largest absolute Gasteiger partial charge is 0.342 e. The Hall–Kier alpha value is -3.15. The molecule has 0 aliphatic carbocycles. The molecule has 0 spiro atoms. The average Bonchev–Trinajstić information content (AvgIpc) is 3.18. The van der Waals surface area contributed by atoms with Crippen molar-refractivity contribution in [3.05, 3.63) is 73.5 Å². The minimum absolute atomic E-state index is 0.00962. The number of nitrogens with zero attached hydrogens (tertiary/aromatic N) is 4. The molecule has 3 aromatic rings. The number of carbonyl (C=O) groups is 2. The quantitative estimate of drug-likeness (QED) is 0.186. The summed E-state index contributed by atoms with van der Waals surface area (Å²) < 4.78 is 1.73. The molecule has 196 valence electrons. The number of aryl methyl sites for hydroxylation is 1. The number of rotatable bonds is 10. The number of amides is 2. The third kappa shape index (κ3) is 7.43. The molecule has 0 radical (unpaired) electrons. The van der Waals surface area contributed by atoms with Crippen molar-refractivity contribution in [2.45, 2.75) is 38.4 Å². The summed E-state index contributed by atoms with van der Waals surface area (Å²) in [6.45, 7) is 5.81. The average molecular weight is 565 g/mol. The Morgan fingerprint density at radius 3 is 2.54 bits per heavy atom. The standard InChI is InChI=1S/C24H26Cl2N6O4S/c1-13(2)9-20(28-23(34)17-8-6-15(25)10-18(17)26)22-29-30-24(31(22)4)37-12-21(33)27-19-11-16(32(35)36)7-5-14(19)3/h5-8,10-11,13,20H,9,12H2,1-4H3,(H,27,33)(H,28,34)/t20-/m1/s1. The number of carbonyl (C=O) groups excluding carboxylic acids is 2. The van der Waals surface area contributed by atoms with E-state index >= 15 is 0 Å². The van der Waals surface area contributed by atoms with Gasteiger partial charge in [0, 0.05) is 24.2 Å². The van der Waals surface area contributed by atoms with Crippen LogP contribution in [0.4, 0.5) is 11.4 Å². The molecule has 37 heavy (non-hydrogen) atoms. The molecule has 1 aromatic heterocycles. The minimum atomic E-state index is -0.516. The van der Waals surface area contributed by atoms with Gasteiger partial charge in [0.2, 0.25) is 5.91 Å². The molecule has 0 aliphatic rings. The number of nitro groups is 1. The zero-order valence-corrected chi connectivity index (χ0v) is 22.9. The Morgan fingerprint density at radius 1 is 1.16 bits per heavy atom. The van der Waals surface area contributed by atoms with Crippen LogP contribution in [0, 0.1) is 23.0 Å². The van der Waals surface area contributed by atoms with Crippen LogP contribution >= 0.6 is 35.0 Å². The molecule has 1 heterocycles. The molecule has 0 aliphatic heterocycles. The monoisotopic (exact) mass is 564 g/mol. The van der Waals surface area contributed by atoms with Crippen molar-refractivity contribution >= 4 is 58.2 Å². The van der Waals surface area contributed by atoms with Crippen LogP contribution in [0.25, 0.3) is 0 Å². The number of nitro benzene ring substituents is 1. The minimum Gasteiger partial charge on any atom is -0.342 e. The van der Waals surface area contributed by atoms with Crippen molar-refractivity contribution in [3.63, 3.8) is 0 Å². The highest BCUT2D eigenvalue weighted by Gasteiger charge is 2.24. The molecule has 1 atom stereocenters. The lowest BCUT2D eigenvalue weighted by atomic mass is 10.0. The van der Waals surface area contributed by atoms with E-state index in [1.165, 1.54) is 18.2 Å². The van der Waals surface area contributed by atoms with Crippen molar-refractivity contribution in [2.24, 2.45) is 13.0 Å². The second kappa shape index (κ2) is 12.4. The van der Waals surface area contributed by atoms with E-state index in [-0.39, 0.29) is 34.2 Å². The molecule has 0 fully saturated rings. The van der Waals surface area contributed by atoms with Crippen LogP contribution in [-0.2, 0) is 11.8 Å². The van der Waals surface area contributed by atoms with Crippen LogP contribution in [-0.4, -0.2) is 37.3 Å². The van der Waals surface area contributed by atoms with Crippen molar-refractivity contribution in [2.75, 3.05) is 11.1 Å². The Balaban J connectivity index is 1.71. The molecular weight excluding hydrogens is 539 g/mol. The van der Waals surface area contributed by atoms with Crippen LogP contribution in [0.2, 0.25) is 10.0 Å². The predicted molar refractivity (Wildman–Crippen MR) is 144 cm³/mol. The number of anilines is 1. The van der Waals surface area contributed by atoms with Gasteiger partial charge in [-0.1, -0.05) is 54.9 Å². The van der Waals surface area contributed by atoms with Crippen LogP contribution in [0.3, 0.4) is 0 Å². The third-order valence-electron chi connectivity index (χ3n) is 5.41. The molecule has 13 heteroatoms. The highest BCUT2D eigenvalue weighted by molar-refractivity contribution is 7.99. The first-order valence-electron chi connectivity index (χ1n) is 11.3. The number of hydrogen-bond acceptors (Lipinski definition) is 7. The zero-order valence-electron chi connectivity index (χ0n) is 20.6. The molecule has 0 unspecified atom stereocenters. The van der Waals surface area contributed by atoms with Gasteiger partial charge in [0.15, 0.2) is 11.0 Å². The van der Waals surface area contributed by atoms with Crippen molar-refractivity contribution in [3.8, 4) is 0 Å². The molecule has 0 saturated heterocycles. The summed E-state index contributed by atoms with van der Waals surface area (Å²) in [7, 11) is 1.76. The number of aromatic nitrogens is 3. The Labute approximate surface area is 228 Å². The van der Waals surface area contributed by atoms with Gasteiger partial charge in [-0.2, -0.15) is 0 Å². The number of non-ortho nitro benzene ring substituents is 1. The predicted octanol–water partition coefficient (Wildman–Crippen LogP) is 5.59. The van der Waals surface area contributed by atoms with Gasteiger partial charge in [0.05, 0.1) is 33.0 Å². The van der Waals surface area contributed by atoms with E-state index in [9.17, 15) is 19.7 Å². The maximum atomic E-state index is 12.9. The summed E-state index contributed by atoms with van der Waals surface area (Å²) in [5, 5.41) is 26.3. The molecule has 2 amide bonds. The summed E-state index contributed by atoms with van der Waals surface area (Å²) in [6, 6.07) is 8.50. The number of hydrogen-bond donors (Lipinski definition) is 2. The molecule has 3 rings (SSSR count). The summed E-state index contributed by atoms with van der Waals surface area (Å²) in [5.74, 6) is 0.0708. The number of nitrogens with one attached hydrogen (secondary N) is 2.